The monoisotopic (exact) mass is 294 g/mol. The highest BCUT2D eigenvalue weighted by molar-refractivity contribution is 5.90. The van der Waals surface area contributed by atoms with Gasteiger partial charge in [0, 0.05) is 19.1 Å². The molecule has 2 heterocycles. The van der Waals surface area contributed by atoms with Crippen LogP contribution in [0.15, 0.2) is 6.33 Å². The number of nitrogens with zero attached hydrogens (tertiary/aromatic N) is 3. The summed E-state index contributed by atoms with van der Waals surface area (Å²) < 4.78 is 0. The number of rotatable bonds is 4. The number of likely N-dealkylation sites (tertiary alicyclic amines) is 1. The molecule has 1 aliphatic heterocycles. The zero-order chi connectivity index (χ0) is 15.4. The van der Waals surface area contributed by atoms with Crippen LogP contribution in [0.4, 0.5) is 0 Å². The van der Waals surface area contributed by atoms with Gasteiger partial charge in [-0.3, -0.25) is 9.59 Å². The third kappa shape index (κ3) is 3.78. The Morgan fingerprint density at radius 2 is 2.10 bits per heavy atom. The Kier molecular flexibility index (Phi) is 4.89. The van der Waals surface area contributed by atoms with Crippen LogP contribution in [0, 0.1) is 5.92 Å². The Hall–Kier alpha value is -1.96. The van der Waals surface area contributed by atoms with Gasteiger partial charge in [-0.15, -0.1) is 10.2 Å². The van der Waals surface area contributed by atoms with Crippen molar-refractivity contribution in [2.24, 2.45) is 11.7 Å². The number of hydrogen-bond donors (Lipinski definition) is 3. The van der Waals surface area contributed by atoms with E-state index >= 15 is 0 Å². The summed E-state index contributed by atoms with van der Waals surface area (Å²) in [4.78, 5) is 28.2. The topological polar surface area (TPSA) is 117 Å². The lowest BCUT2D eigenvalue weighted by Crippen LogP contribution is -2.49. The molecule has 8 heteroatoms. The van der Waals surface area contributed by atoms with Crippen LogP contribution in [-0.2, 0) is 4.79 Å². The summed E-state index contributed by atoms with van der Waals surface area (Å²) in [6.07, 6.45) is 3.09. The van der Waals surface area contributed by atoms with Gasteiger partial charge in [0.1, 0.15) is 6.33 Å². The van der Waals surface area contributed by atoms with E-state index in [-0.39, 0.29) is 23.7 Å². The molecule has 2 amide bonds. The minimum absolute atomic E-state index is 0.00759. The first-order valence-corrected chi connectivity index (χ1v) is 7.20. The first kappa shape index (κ1) is 15.4. The number of nitrogens with one attached hydrogen (secondary N) is 2. The summed E-state index contributed by atoms with van der Waals surface area (Å²) in [5.74, 6) is 0.293. The van der Waals surface area contributed by atoms with Crippen molar-refractivity contribution in [1.82, 2.24) is 25.4 Å². The number of nitrogens with two attached hydrogens (primary N) is 1. The minimum atomic E-state index is -0.454. The molecule has 1 aromatic heterocycles. The second-order valence-electron chi connectivity index (χ2n) is 5.55. The van der Waals surface area contributed by atoms with Crippen molar-refractivity contribution in [2.45, 2.75) is 38.8 Å². The lowest BCUT2D eigenvalue weighted by Gasteiger charge is -2.35. The van der Waals surface area contributed by atoms with Gasteiger partial charge in [0.05, 0.1) is 6.04 Å². The van der Waals surface area contributed by atoms with Crippen molar-refractivity contribution < 1.29 is 9.59 Å². The van der Waals surface area contributed by atoms with Crippen LogP contribution >= 0.6 is 0 Å². The number of H-pyrrole nitrogens is 1. The van der Waals surface area contributed by atoms with Crippen LogP contribution in [-0.4, -0.2) is 57.1 Å². The van der Waals surface area contributed by atoms with Gasteiger partial charge in [-0.25, -0.2) is 0 Å². The van der Waals surface area contributed by atoms with E-state index in [2.05, 4.69) is 20.5 Å². The van der Waals surface area contributed by atoms with Crippen molar-refractivity contribution in [3.05, 3.63) is 12.2 Å². The highest BCUT2D eigenvalue weighted by Gasteiger charge is 2.28. The Labute approximate surface area is 123 Å². The van der Waals surface area contributed by atoms with Crippen molar-refractivity contribution in [1.29, 1.82) is 0 Å². The zero-order valence-corrected chi connectivity index (χ0v) is 12.4. The van der Waals surface area contributed by atoms with Crippen molar-refractivity contribution in [3.8, 4) is 0 Å². The first-order chi connectivity index (χ1) is 9.99. The highest BCUT2D eigenvalue weighted by Crippen LogP contribution is 2.21. The van der Waals surface area contributed by atoms with E-state index in [0.29, 0.717) is 19.0 Å². The molecule has 0 aromatic carbocycles. The van der Waals surface area contributed by atoms with Crippen LogP contribution in [0.25, 0.3) is 0 Å². The summed E-state index contributed by atoms with van der Waals surface area (Å²) in [6, 6.07) is -0.430. The predicted octanol–water partition coefficient (Wildman–Crippen LogP) is -0.491. The molecule has 0 radical (unpaired) electrons. The fourth-order valence-corrected chi connectivity index (χ4v) is 2.62. The van der Waals surface area contributed by atoms with Gasteiger partial charge in [-0.05, 0) is 32.6 Å². The van der Waals surface area contributed by atoms with Gasteiger partial charge in [0.15, 0.2) is 0 Å². The van der Waals surface area contributed by atoms with Crippen molar-refractivity contribution in [2.75, 3.05) is 13.1 Å². The zero-order valence-electron chi connectivity index (χ0n) is 12.4. The van der Waals surface area contributed by atoms with E-state index in [1.165, 1.54) is 6.33 Å². The van der Waals surface area contributed by atoms with Gasteiger partial charge in [-0.2, -0.15) is 0 Å². The number of aromatic nitrogens is 3. The second kappa shape index (κ2) is 6.66. The lowest BCUT2D eigenvalue weighted by atomic mass is 9.90. The maximum Gasteiger partial charge on any atom is 0.289 e. The van der Waals surface area contributed by atoms with Crippen LogP contribution in [0.3, 0.4) is 0 Å². The van der Waals surface area contributed by atoms with E-state index < -0.39 is 6.04 Å². The quantitative estimate of drug-likeness (QED) is 0.692. The molecule has 2 atom stereocenters. The molecule has 116 valence electrons. The van der Waals surface area contributed by atoms with Gasteiger partial charge < -0.3 is 20.9 Å². The molecule has 0 spiro atoms. The van der Waals surface area contributed by atoms with E-state index in [1.54, 1.807) is 11.8 Å². The average Bonchev–Trinajstić information content (AvgIpc) is 3.00. The highest BCUT2D eigenvalue weighted by atomic mass is 16.2. The Bertz CT molecular complexity index is 479. The van der Waals surface area contributed by atoms with Gasteiger partial charge >= 0.3 is 0 Å². The fourth-order valence-electron chi connectivity index (χ4n) is 2.62. The largest absolute Gasteiger partial charge is 0.347 e. The Balaban J connectivity index is 1.82. The van der Waals surface area contributed by atoms with Gasteiger partial charge in [0.25, 0.3) is 5.91 Å². The summed E-state index contributed by atoms with van der Waals surface area (Å²) in [7, 11) is 0. The maximum absolute atomic E-state index is 11.9. The van der Waals surface area contributed by atoms with Crippen LogP contribution in [0.2, 0.25) is 0 Å². The summed E-state index contributed by atoms with van der Waals surface area (Å²) in [5.41, 5.74) is 5.62. The van der Waals surface area contributed by atoms with E-state index in [9.17, 15) is 9.59 Å². The summed E-state index contributed by atoms with van der Waals surface area (Å²) in [5, 5.41) is 10.2. The van der Waals surface area contributed by atoms with E-state index in [4.69, 9.17) is 5.73 Å². The minimum Gasteiger partial charge on any atom is -0.347 e. The molecular weight excluding hydrogens is 272 g/mol. The van der Waals surface area contributed by atoms with E-state index in [1.807, 2.05) is 6.92 Å². The third-order valence-electron chi connectivity index (χ3n) is 3.94. The molecule has 2 rings (SSSR count). The van der Waals surface area contributed by atoms with Gasteiger partial charge in [-0.1, -0.05) is 0 Å². The SMILES string of the molecule is CC(N)C(=O)N1CCC(C(C)NC(=O)c2nnc[nH]2)CC1. The molecule has 1 aliphatic rings. The molecule has 1 aromatic rings. The van der Waals surface area contributed by atoms with Gasteiger partial charge in [0.2, 0.25) is 11.7 Å². The molecule has 21 heavy (non-hydrogen) atoms. The molecule has 4 N–H and O–H groups in total. The average molecular weight is 294 g/mol. The second-order valence-corrected chi connectivity index (χ2v) is 5.55. The molecule has 1 saturated heterocycles. The number of amides is 2. The van der Waals surface area contributed by atoms with E-state index in [0.717, 1.165) is 12.8 Å². The van der Waals surface area contributed by atoms with Crippen molar-refractivity contribution in [3.63, 3.8) is 0 Å². The molecule has 8 nitrogen and oxygen atoms in total. The third-order valence-corrected chi connectivity index (χ3v) is 3.94. The molecule has 0 saturated carbocycles. The van der Waals surface area contributed by atoms with Crippen molar-refractivity contribution >= 4 is 11.8 Å². The molecule has 0 bridgehead atoms. The Morgan fingerprint density at radius 1 is 1.43 bits per heavy atom. The molecule has 1 fully saturated rings. The van der Waals surface area contributed by atoms with Crippen LogP contribution < -0.4 is 11.1 Å². The summed E-state index contributed by atoms with van der Waals surface area (Å²) >= 11 is 0. The predicted molar refractivity (Wildman–Crippen MR) is 76.3 cm³/mol. The summed E-state index contributed by atoms with van der Waals surface area (Å²) in [6.45, 7) is 5.05. The molecule has 2 unspecified atom stereocenters. The maximum atomic E-state index is 11.9. The molecule has 0 aliphatic carbocycles. The fraction of sp³-hybridized carbons (Fsp3) is 0.692. The number of hydrogen-bond acceptors (Lipinski definition) is 5. The van der Waals surface area contributed by atoms with Crippen LogP contribution in [0.1, 0.15) is 37.3 Å². The lowest BCUT2D eigenvalue weighted by molar-refractivity contribution is -0.133. The number of carbonyl (C=O) groups excluding carboxylic acids is 2. The number of carbonyl (C=O) groups is 2. The number of aromatic amines is 1. The Morgan fingerprint density at radius 3 is 2.62 bits per heavy atom. The number of piperidine rings is 1. The van der Waals surface area contributed by atoms with Crippen LogP contribution in [0.5, 0.6) is 0 Å². The normalized spacial score (nSPS) is 19.1. The smallest absolute Gasteiger partial charge is 0.289 e. The first-order valence-electron chi connectivity index (χ1n) is 7.20. The standard InChI is InChI=1S/C13H22N6O2/c1-8(14)13(21)19-5-3-10(4-6-19)9(2)17-12(20)11-15-7-16-18-11/h7-10H,3-6,14H2,1-2H3,(H,17,20)(H,15,16,18). The molecular formula is C13H22N6O2.